The summed E-state index contributed by atoms with van der Waals surface area (Å²) in [5, 5.41) is 11.9. The van der Waals surface area contributed by atoms with Crippen molar-refractivity contribution in [3.63, 3.8) is 0 Å². The molecule has 1 saturated heterocycles. The summed E-state index contributed by atoms with van der Waals surface area (Å²) in [5.41, 5.74) is -0.291. The van der Waals surface area contributed by atoms with Crippen LogP contribution in [0.3, 0.4) is 0 Å². The van der Waals surface area contributed by atoms with Crippen LogP contribution in [-0.4, -0.2) is 40.8 Å². The molecule has 1 aromatic rings. The second-order valence-electron chi connectivity index (χ2n) is 7.51. The zero-order chi connectivity index (χ0) is 18.1. The predicted molar refractivity (Wildman–Crippen MR) is 94.6 cm³/mol. The molecule has 1 N–H and O–H groups in total. The third-order valence-corrected chi connectivity index (χ3v) is 5.96. The Labute approximate surface area is 147 Å². The van der Waals surface area contributed by atoms with Gasteiger partial charge in [0.1, 0.15) is 5.60 Å². The Balaban J connectivity index is 2.33. The number of aliphatic carboxylic acids is 1. The lowest BCUT2D eigenvalue weighted by Crippen LogP contribution is -2.52. The number of thiophene rings is 1. The molecule has 2 atom stereocenters. The highest BCUT2D eigenvalue weighted by Crippen LogP contribution is 2.48. The number of carboxylic acid groups (broad SMARTS) is 1. The Morgan fingerprint density at radius 3 is 2.58 bits per heavy atom. The molecule has 2 rings (SSSR count). The minimum atomic E-state index is -0.825. The molecule has 134 valence electrons. The number of rotatable bonds is 3. The average Bonchev–Trinajstić information content (AvgIpc) is 2.90. The van der Waals surface area contributed by atoms with Crippen molar-refractivity contribution in [2.24, 2.45) is 5.41 Å². The SMILES string of the molecule is CC[C@]1(C(=O)O)CCN(C(=O)OC(C)(C)C)C[C@@H]1c1sccc1C. The fourth-order valence-corrected chi connectivity index (χ4v) is 4.53. The molecule has 0 radical (unpaired) electrons. The van der Waals surface area contributed by atoms with Gasteiger partial charge in [-0.25, -0.2) is 4.79 Å². The van der Waals surface area contributed by atoms with E-state index in [1.165, 1.54) is 0 Å². The second-order valence-corrected chi connectivity index (χ2v) is 8.46. The largest absolute Gasteiger partial charge is 0.481 e. The Morgan fingerprint density at radius 2 is 2.12 bits per heavy atom. The van der Waals surface area contributed by atoms with Gasteiger partial charge in [-0.2, -0.15) is 0 Å². The van der Waals surface area contributed by atoms with Gasteiger partial charge < -0.3 is 14.7 Å². The molecule has 0 aliphatic carbocycles. The van der Waals surface area contributed by atoms with Crippen molar-refractivity contribution >= 4 is 23.4 Å². The second kappa shape index (κ2) is 6.75. The maximum Gasteiger partial charge on any atom is 0.410 e. The number of carboxylic acids is 1. The molecule has 5 nitrogen and oxygen atoms in total. The predicted octanol–water partition coefficient (Wildman–Crippen LogP) is 4.26. The minimum absolute atomic E-state index is 0.207. The molecule has 0 aromatic carbocycles. The van der Waals surface area contributed by atoms with Crippen molar-refractivity contribution < 1.29 is 19.4 Å². The molecule has 0 saturated carbocycles. The number of aryl methyl sites for hydroxylation is 1. The summed E-state index contributed by atoms with van der Waals surface area (Å²) in [4.78, 5) is 27.3. The smallest absolute Gasteiger partial charge is 0.410 e. The van der Waals surface area contributed by atoms with Gasteiger partial charge in [0.15, 0.2) is 0 Å². The zero-order valence-electron chi connectivity index (χ0n) is 15.1. The molecule has 1 aromatic heterocycles. The molecule has 1 amide bonds. The van der Waals surface area contributed by atoms with Crippen molar-refractivity contribution in [3.05, 3.63) is 21.9 Å². The highest BCUT2D eigenvalue weighted by Gasteiger charge is 2.50. The Kier molecular flexibility index (Phi) is 5.28. The number of carbonyl (C=O) groups is 2. The first-order chi connectivity index (χ1) is 11.1. The van der Waals surface area contributed by atoms with Crippen LogP contribution < -0.4 is 0 Å². The number of carbonyl (C=O) groups excluding carboxylic acids is 1. The highest BCUT2D eigenvalue weighted by atomic mass is 32.1. The molecule has 0 bridgehead atoms. The lowest BCUT2D eigenvalue weighted by Gasteiger charge is -2.45. The fourth-order valence-electron chi connectivity index (χ4n) is 3.39. The van der Waals surface area contributed by atoms with Crippen LogP contribution in [0.4, 0.5) is 4.79 Å². The number of ether oxygens (including phenoxy) is 1. The molecule has 0 spiro atoms. The quantitative estimate of drug-likeness (QED) is 0.881. The van der Waals surface area contributed by atoms with Gasteiger partial charge in [-0.15, -0.1) is 11.3 Å². The summed E-state index contributed by atoms with van der Waals surface area (Å²) in [5.74, 6) is -0.979. The monoisotopic (exact) mass is 353 g/mol. The molecule has 24 heavy (non-hydrogen) atoms. The summed E-state index contributed by atoms with van der Waals surface area (Å²) < 4.78 is 5.48. The Bertz CT molecular complexity index is 619. The zero-order valence-corrected chi connectivity index (χ0v) is 15.9. The van der Waals surface area contributed by atoms with E-state index in [-0.39, 0.29) is 12.0 Å². The van der Waals surface area contributed by atoms with E-state index in [0.717, 1.165) is 10.4 Å². The lowest BCUT2D eigenvalue weighted by atomic mass is 9.67. The minimum Gasteiger partial charge on any atom is -0.481 e. The molecule has 1 aliphatic heterocycles. The van der Waals surface area contributed by atoms with E-state index in [4.69, 9.17) is 4.74 Å². The topological polar surface area (TPSA) is 66.8 Å². The summed E-state index contributed by atoms with van der Waals surface area (Å²) in [6.45, 7) is 10.2. The molecule has 1 aliphatic rings. The van der Waals surface area contributed by atoms with Crippen LogP contribution in [0, 0.1) is 12.3 Å². The first kappa shape index (κ1) is 18.8. The normalized spacial score (nSPS) is 24.7. The standard InChI is InChI=1S/C18H27NO4S/c1-6-18(15(20)21)8-9-19(16(22)23-17(3,4)5)11-13(18)14-12(2)7-10-24-14/h7,10,13H,6,8-9,11H2,1-5H3,(H,20,21)/t13-,18+/m1/s1. The van der Waals surface area contributed by atoms with E-state index < -0.39 is 17.0 Å². The van der Waals surface area contributed by atoms with Crippen molar-refractivity contribution in [2.75, 3.05) is 13.1 Å². The van der Waals surface area contributed by atoms with E-state index in [9.17, 15) is 14.7 Å². The van der Waals surface area contributed by atoms with Gasteiger partial charge in [-0.3, -0.25) is 4.79 Å². The third kappa shape index (κ3) is 3.58. The van der Waals surface area contributed by atoms with Gasteiger partial charge in [0, 0.05) is 23.9 Å². The van der Waals surface area contributed by atoms with E-state index >= 15 is 0 Å². The summed E-state index contributed by atoms with van der Waals surface area (Å²) in [6, 6.07) is 2.01. The van der Waals surface area contributed by atoms with Crippen LogP contribution in [0.5, 0.6) is 0 Å². The summed E-state index contributed by atoms with van der Waals surface area (Å²) >= 11 is 1.58. The van der Waals surface area contributed by atoms with E-state index in [1.807, 2.05) is 46.1 Å². The number of likely N-dealkylation sites (tertiary alicyclic amines) is 1. The van der Waals surface area contributed by atoms with Crippen LogP contribution >= 0.6 is 11.3 Å². The maximum absolute atomic E-state index is 12.4. The number of hydrogen-bond acceptors (Lipinski definition) is 4. The summed E-state index contributed by atoms with van der Waals surface area (Å²) in [7, 11) is 0. The van der Waals surface area contributed by atoms with Gasteiger partial charge in [-0.05, 0) is 57.5 Å². The Morgan fingerprint density at radius 1 is 1.46 bits per heavy atom. The third-order valence-electron chi connectivity index (χ3n) is 4.82. The van der Waals surface area contributed by atoms with Crippen molar-refractivity contribution in [2.45, 2.75) is 59.0 Å². The highest BCUT2D eigenvalue weighted by molar-refractivity contribution is 7.10. The number of nitrogens with zero attached hydrogens (tertiary/aromatic N) is 1. The maximum atomic E-state index is 12.4. The average molecular weight is 353 g/mol. The number of piperidine rings is 1. The summed E-state index contributed by atoms with van der Waals surface area (Å²) in [6.07, 6.45) is 0.629. The van der Waals surface area contributed by atoms with Crippen LogP contribution in [0.2, 0.25) is 0 Å². The first-order valence-corrected chi connectivity index (χ1v) is 9.24. The molecular weight excluding hydrogens is 326 g/mol. The van der Waals surface area contributed by atoms with Crippen molar-refractivity contribution in [1.29, 1.82) is 0 Å². The number of hydrogen-bond donors (Lipinski definition) is 1. The molecule has 0 unspecified atom stereocenters. The van der Waals surface area contributed by atoms with Gasteiger partial charge >= 0.3 is 12.1 Å². The van der Waals surface area contributed by atoms with Gasteiger partial charge in [0.2, 0.25) is 0 Å². The fraction of sp³-hybridized carbons (Fsp3) is 0.667. The molecule has 1 fully saturated rings. The number of amides is 1. The lowest BCUT2D eigenvalue weighted by molar-refractivity contribution is -0.154. The van der Waals surface area contributed by atoms with E-state index in [1.54, 1.807) is 16.2 Å². The van der Waals surface area contributed by atoms with Gasteiger partial charge in [0.05, 0.1) is 5.41 Å². The Hall–Kier alpha value is -1.56. The van der Waals surface area contributed by atoms with Crippen LogP contribution in [0.25, 0.3) is 0 Å². The molecule has 2 heterocycles. The van der Waals surface area contributed by atoms with Crippen molar-refractivity contribution in [3.8, 4) is 0 Å². The van der Waals surface area contributed by atoms with Crippen LogP contribution in [0.1, 0.15) is 56.9 Å². The van der Waals surface area contributed by atoms with Crippen molar-refractivity contribution in [1.82, 2.24) is 4.90 Å². The van der Waals surface area contributed by atoms with E-state index in [0.29, 0.717) is 25.9 Å². The molecule has 6 heteroatoms. The first-order valence-electron chi connectivity index (χ1n) is 8.36. The van der Waals surface area contributed by atoms with Gasteiger partial charge in [0.25, 0.3) is 0 Å². The van der Waals surface area contributed by atoms with E-state index in [2.05, 4.69) is 0 Å². The van der Waals surface area contributed by atoms with Crippen LogP contribution in [-0.2, 0) is 9.53 Å². The molecular formula is C18H27NO4S. The van der Waals surface area contributed by atoms with Gasteiger partial charge in [-0.1, -0.05) is 6.92 Å². The van der Waals surface area contributed by atoms with Crippen LogP contribution in [0.15, 0.2) is 11.4 Å².